The van der Waals surface area contributed by atoms with Gasteiger partial charge in [0.2, 0.25) is 0 Å². The van der Waals surface area contributed by atoms with Gasteiger partial charge in [-0.05, 0) is 63.6 Å². The maximum absolute atomic E-state index is 4.58. The average Bonchev–Trinajstić information content (AvgIpc) is 3.03. The van der Waals surface area contributed by atoms with Crippen molar-refractivity contribution in [3.8, 4) is 0 Å². The molecule has 1 fully saturated rings. The van der Waals surface area contributed by atoms with Crippen LogP contribution in [0.25, 0.3) is 0 Å². The van der Waals surface area contributed by atoms with Gasteiger partial charge >= 0.3 is 0 Å². The zero-order chi connectivity index (χ0) is 17.9. The highest BCUT2D eigenvalue weighted by atomic mass is 32.2. The second-order valence-corrected chi connectivity index (χ2v) is 8.71. The van der Waals surface area contributed by atoms with Crippen molar-refractivity contribution in [3.63, 3.8) is 0 Å². The number of thiazole rings is 1. The van der Waals surface area contributed by atoms with E-state index in [0.29, 0.717) is 0 Å². The number of hydrogen-bond acceptors (Lipinski definition) is 5. The first-order valence-corrected chi connectivity index (χ1v) is 11.6. The normalized spacial score (nSPS) is 17.0. The average molecular weight is 384 g/mol. The summed E-state index contributed by atoms with van der Waals surface area (Å²) in [6, 6.07) is 0. The van der Waals surface area contributed by atoms with Crippen molar-refractivity contribution in [1.82, 2.24) is 20.5 Å². The zero-order valence-electron chi connectivity index (χ0n) is 15.9. The Morgan fingerprint density at radius 1 is 1.36 bits per heavy atom. The molecule has 1 saturated heterocycles. The molecule has 0 radical (unpaired) electrons. The number of guanidine groups is 1. The second kappa shape index (κ2) is 11.8. The lowest BCUT2D eigenvalue weighted by molar-refractivity contribution is 0.176. The Morgan fingerprint density at radius 2 is 2.16 bits per heavy atom. The molecule has 7 heteroatoms. The van der Waals surface area contributed by atoms with E-state index in [9.17, 15) is 0 Å². The highest BCUT2D eigenvalue weighted by molar-refractivity contribution is 7.98. The van der Waals surface area contributed by atoms with Crippen LogP contribution in [0.2, 0.25) is 0 Å². The highest BCUT2D eigenvalue weighted by Crippen LogP contribution is 2.19. The summed E-state index contributed by atoms with van der Waals surface area (Å²) in [6.45, 7) is 7.45. The van der Waals surface area contributed by atoms with E-state index in [1.165, 1.54) is 55.2 Å². The summed E-state index contributed by atoms with van der Waals surface area (Å²) in [4.78, 5) is 11.4. The van der Waals surface area contributed by atoms with Crippen molar-refractivity contribution < 1.29 is 0 Å². The zero-order valence-corrected chi connectivity index (χ0v) is 17.5. The third kappa shape index (κ3) is 7.96. The summed E-state index contributed by atoms with van der Waals surface area (Å²) < 4.78 is 0. The van der Waals surface area contributed by atoms with Gasteiger partial charge in [0.15, 0.2) is 5.96 Å². The van der Waals surface area contributed by atoms with Gasteiger partial charge in [0.05, 0.1) is 10.7 Å². The van der Waals surface area contributed by atoms with Gasteiger partial charge in [-0.2, -0.15) is 11.8 Å². The van der Waals surface area contributed by atoms with Crippen LogP contribution in [0.4, 0.5) is 0 Å². The highest BCUT2D eigenvalue weighted by Gasteiger charge is 2.20. The summed E-state index contributed by atoms with van der Waals surface area (Å²) in [5.74, 6) is 2.93. The van der Waals surface area contributed by atoms with E-state index < -0.39 is 0 Å². The molecule has 142 valence electrons. The summed E-state index contributed by atoms with van der Waals surface area (Å²) in [5.41, 5.74) is 1.23. The molecule has 0 bridgehead atoms. The molecule has 1 aliphatic rings. The van der Waals surface area contributed by atoms with E-state index in [0.717, 1.165) is 31.5 Å². The smallest absolute Gasteiger partial charge is 0.190 e. The number of piperidine rings is 1. The lowest BCUT2D eigenvalue weighted by Gasteiger charge is -2.31. The minimum absolute atomic E-state index is 0.739. The van der Waals surface area contributed by atoms with E-state index in [2.05, 4.69) is 44.1 Å². The molecule has 25 heavy (non-hydrogen) atoms. The van der Waals surface area contributed by atoms with Crippen LogP contribution in [0.15, 0.2) is 10.4 Å². The molecular formula is C18H33N5S2. The first-order chi connectivity index (χ1) is 12.2. The number of thioether (sulfide) groups is 1. The number of likely N-dealkylation sites (tertiary alicyclic amines) is 1. The first-order valence-electron chi connectivity index (χ1n) is 9.28. The van der Waals surface area contributed by atoms with Crippen molar-refractivity contribution in [2.45, 2.75) is 39.2 Å². The SMILES string of the molecule is CN=C(NCCCCSC)NCC1CCN(Cc2csc(C)n2)CC1. The van der Waals surface area contributed by atoms with Crippen LogP contribution in [-0.4, -0.2) is 61.1 Å². The number of nitrogens with one attached hydrogen (secondary N) is 2. The van der Waals surface area contributed by atoms with Gasteiger partial charge in [0.1, 0.15) is 0 Å². The number of rotatable bonds is 9. The van der Waals surface area contributed by atoms with Crippen molar-refractivity contribution in [2.75, 3.05) is 45.2 Å². The summed E-state index contributed by atoms with van der Waals surface area (Å²) in [6.07, 6.45) is 7.14. The fourth-order valence-corrected chi connectivity index (χ4v) is 4.20. The maximum Gasteiger partial charge on any atom is 0.190 e. The standard InChI is InChI=1S/C18H33N5S2/c1-15-22-17(14-25-15)13-23-9-6-16(7-10-23)12-21-18(19-2)20-8-4-5-11-24-3/h14,16H,4-13H2,1-3H3,(H2,19,20,21). The minimum atomic E-state index is 0.739. The summed E-state index contributed by atoms with van der Waals surface area (Å²) >= 11 is 3.66. The van der Waals surface area contributed by atoms with Crippen LogP contribution < -0.4 is 10.6 Å². The molecule has 0 spiro atoms. The molecule has 1 aromatic rings. The molecule has 0 aliphatic carbocycles. The molecule has 0 aromatic carbocycles. The monoisotopic (exact) mass is 383 g/mol. The number of aryl methyl sites for hydroxylation is 1. The summed E-state index contributed by atoms with van der Waals surface area (Å²) in [7, 11) is 1.86. The Bertz CT molecular complexity index is 509. The molecule has 1 aliphatic heterocycles. The molecular weight excluding hydrogens is 350 g/mol. The lowest BCUT2D eigenvalue weighted by Crippen LogP contribution is -2.43. The molecule has 2 rings (SSSR count). The van der Waals surface area contributed by atoms with Gasteiger partial charge in [-0.3, -0.25) is 9.89 Å². The van der Waals surface area contributed by atoms with Gasteiger partial charge in [-0.1, -0.05) is 0 Å². The largest absolute Gasteiger partial charge is 0.356 e. The fourth-order valence-electron chi connectivity index (χ4n) is 3.10. The predicted octanol–water partition coefficient (Wildman–Crippen LogP) is 2.97. The van der Waals surface area contributed by atoms with E-state index in [1.54, 1.807) is 11.3 Å². The number of unbranched alkanes of at least 4 members (excludes halogenated alkanes) is 1. The Kier molecular flexibility index (Phi) is 9.65. The van der Waals surface area contributed by atoms with Gasteiger partial charge in [-0.15, -0.1) is 11.3 Å². The van der Waals surface area contributed by atoms with Crippen LogP contribution >= 0.6 is 23.1 Å². The Balaban J connectivity index is 1.59. The molecule has 0 unspecified atom stereocenters. The maximum atomic E-state index is 4.58. The molecule has 0 amide bonds. The summed E-state index contributed by atoms with van der Waals surface area (Å²) in [5, 5.41) is 10.3. The molecule has 5 nitrogen and oxygen atoms in total. The molecule has 2 heterocycles. The first kappa shape index (κ1) is 20.5. The minimum Gasteiger partial charge on any atom is -0.356 e. The fraction of sp³-hybridized carbons (Fsp3) is 0.778. The van der Waals surface area contributed by atoms with Crippen LogP contribution in [0.3, 0.4) is 0 Å². The second-order valence-electron chi connectivity index (χ2n) is 6.66. The third-order valence-corrected chi connectivity index (χ3v) is 6.13. The van der Waals surface area contributed by atoms with Crippen LogP contribution in [0.5, 0.6) is 0 Å². The van der Waals surface area contributed by atoms with Crippen LogP contribution in [-0.2, 0) is 6.54 Å². The molecule has 2 N–H and O–H groups in total. The molecule has 1 aromatic heterocycles. The topological polar surface area (TPSA) is 52.6 Å². The lowest BCUT2D eigenvalue weighted by atomic mass is 9.97. The molecule has 0 atom stereocenters. The number of aromatic nitrogens is 1. The van der Waals surface area contributed by atoms with Crippen molar-refractivity contribution in [1.29, 1.82) is 0 Å². The quantitative estimate of drug-likeness (QED) is 0.390. The molecule has 0 saturated carbocycles. The van der Waals surface area contributed by atoms with E-state index >= 15 is 0 Å². The van der Waals surface area contributed by atoms with Gasteiger partial charge in [0.25, 0.3) is 0 Å². The van der Waals surface area contributed by atoms with Crippen LogP contribution in [0, 0.1) is 12.8 Å². The number of nitrogens with zero attached hydrogens (tertiary/aromatic N) is 3. The van der Waals surface area contributed by atoms with E-state index in [-0.39, 0.29) is 0 Å². The number of aliphatic imine (C=N–C) groups is 1. The van der Waals surface area contributed by atoms with E-state index in [1.807, 2.05) is 18.8 Å². The van der Waals surface area contributed by atoms with Crippen molar-refractivity contribution in [3.05, 3.63) is 16.1 Å². The van der Waals surface area contributed by atoms with Crippen molar-refractivity contribution in [2.24, 2.45) is 10.9 Å². The van der Waals surface area contributed by atoms with Gasteiger partial charge in [0, 0.05) is 32.1 Å². The van der Waals surface area contributed by atoms with Crippen molar-refractivity contribution >= 4 is 29.1 Å². The Labute approximate surface area is 161 Å². The van der Waals surface area contributed by atoms with Gasteiger partial charge in [-0.25, -0.2) is 4.98 Å². The predicted molar refractivity (Wildman–Crippen MR) is 112 cm³/mol. The number of hydrogen-bond donors (Lipinski definition) is 2. The Morgan fingerprint density at radius 3 is 2.80 bits per heavy atom. The van der Waals surface area contributed by atoms with Gasteiger partial charge < -0.3 is 10.6 Å². The van der Waals surface area contributed by atoms with E-state index in [4.69, 9.17) is 0 Å². The van der Waals surface area contributed by atoms with Crippen LogP contribution in [0.1, 0.15) is 36.4 Å². The third-order valence-electron chi connectivity index (χ3n) is 4.61. The Hall–Kier alpha value is -0.790.